The number of aromatic nitrogens is 1. The zero-order valence-electron chi connectivity index (χ0n) is 17.9. The lowest BCUT2D eigenvalue weighted by molar-refractivity contribution is -0.113. The Hall–Kier alpha value is -2.51. The van der Waals surface area contributed by atoms with Gasteiger partial charge in [-0.3, -0.25) is 9.59 Å². The van der Waals surface area contributed by atoms with E-state index >= 15 is 0 Å². The first-order chi connectivity index (χ1) is 16.3. The van der Waals surface area contributed by atoms with Gasteiger partial charge in [-0.2, -0.15) is 0 Å². The number of rotatable bonds is 4. The molecule has 0 N–H and O–H groups in total. The summed E-state index contributed by atoms with van der Waals surface area (Å²) in [5, 5.41) is 1.83. The molecule has 0 bridgehead atoms. The number of hydrogen-bond donors (Lipinski definition) is 0. The molecule has 1 aromatic heterocycles. The van der Waals surface area contributed by atoms with Crippen LogP contribution in [0, 0.1) is 6.92 Å². The van der Waals surface area contributed by atoms with Gasteiger partial charge in [-0.05, 0) is 72.8 Å². The molecule has 4 nitrogen and oxygen atoms in total. The second-order valence-corrected chi connectivity index (χ2v) is 10.7. The topological polar surface area (TPSA) is 42.3 Å². The van der Waals surface area contributed by atoms with Gasteiger partial charge in [-0.1, -0.05) is 62.9 Å². The molecule has 4 aromatic rings. The molecule has 0 spiro atoms. The first-order valence-electron chi connectivity index (χ1n) is 10.4. The summed E-state index contributed by atoms with van der Waals surface area (Å²) >= 11 is 17.0. The van der Waals surface area contributed by atoms with Gasteiger partial charge >= 0.3 is 0 Å². The lowest BCUT2D eigenvalue weighted by Gasteiger charge is -2.12. The molecule has 0 saturated carbocycles. The largest absolute Gasteiger partial charge is 0.342 e. The van der Waals surface area contributed by atoms with Crippen molar-refractivity contribution in [2.75, 3.05) is 4.90 Å². The van der Waals surface area contributed by atoms with E-state index in [4.69, 9.17) is 23.2 Å². The van der Waals surface area contributed by atoms with Crippen molar-refractivity contribution in [1.29, 1.82) is 0 Å². The van der Waals surface area contributed by atoms with Gasteiger partial charge in [0, 0.05) is 43.7 Å². The lowest BCUT2D eigenvalue weighted by Crippen LogP contribution is -2.27. The molecule has 2 heterocycles. The molecule has 1 saturated heterocycles. The van der Waals surface area contributed by atoms with E-state index in [9.17, 15) is 9.59 Å². The van der Waals surface area contributed by atoms with Gasteiger partial charge < -0.3 is 4.57 Å². The minimum absolute atomic E-state index is 0.307. The van der Waals surface area contributed by atoms with Crippen LogP contribution in [0.15, 0.2) is 76.2 Å². The van der Waals surface area contributed by atoms with Crippen LogP contribution in [0.1, 0.15) is 16.7 Å². The molecule has 1 aliphatic rings. The smallest absolute Gasteiger partial charge is 0.298 e. The maximum absolute atomic E-state index is 13.2. The Morgan fingerprint density at radius 2 is 1.76 bits per heavy atom. The highest BCUT2D eigenvalue weighted by Crippen LogP contribution is 2.37. The van der Waals surface area contributed by atoms with Crippen molar-refractivity contribution in [2.45, 2.75) is 13.5 Å². The SMILES string of the molecule is Cc1ccc(N2C(=O)S/C(=C\c3cn(Cc4ccc(Cl)cc4Cl)c4ccc(Br)cc34)C2=O)cc1. The normalized spacial score (nSPS) is 15.2. The second kappa shape index (κ2) is 9.27. The number of benzene rings is 3. The molecule has 1 aliphatic heterocycles. The van der Waals surface area contributed by atoms with E-state index in [0.29, 0.717) is 27.2 Å². The van der Waals surface area contributed by atoms with E-state index in [2.05, 4.69) is 20.5 Å². The highest BCUT2D eigenvalue weighted by atomic mass is 79.9. The molecule has 2 amide bonds. The summed E-state index contributed by atoms with van der Waals surface area (Å²) in [7, 11) is 0. The molecular weight excluding hydrogens is 555 g/mol. The van der Waals surface area contributed by atoms with Gasteiger partial charge in [-0.25, -0.2) is 4.90 Å². The van der Waals surface area contributed by atoms with Crippen LogP contribution < -0.4 is 4.90 Å². The third-order valence-corrected chi connectivity index (χ3v) is 7.55. The molecule has 170 valence electrons. The minimum Gasteiger partial charge on any atom is -0.342 e. The van der Waals surface area contributed by atoms with Crippen LogP contribution >= 0.6 is 50.9 Å². The van der Waals surface area contributed by atoms with Crippen molar-refractivity contribution in [3.05, 3.63) is 103 Å². The fourth-order valence-corrected chi connectivity index (χ4v) is 5.56. The number of fused-ring (bicyclic) bond motifs is 1. The van der Waals surface area contributed by atoms with Crippen LogP contribution in [-0.2, 0) is 11.3 Å². The molecule has 5 rings (SSSR count). The maximum Gasteiger partial charge on any atom is 0.298 e. The van der Waals surface area contributed by atoms with Gasteiger partial charge in [0.2, 0.25) is 0 Å². The Bertz CT molecular complexity index is 1490. The fraction of sp³-hybridized carbons (Fsp3) is 0.0769. The first kappa shape index (κ1) is 23.2. The molecule has 0 atom stereocenters. The van der Waals surface area contributed by atoms with Crippen LogP contribution in [-0.4, -0.2) is 15.7 Å². The van der Waals surface area contributed by atoms with E-state index in [1.54, 1.807) is 24.3 Å². The molecule has 3 aromatic carbocycles. The van der Waals surface area contributed by atoms with Crippen molar-refractivity contribution in [2.24, 2.45) is 0 Å². The van der Waals surface area contributed by atoms with E-state index in [1.165, 1.54) is 4.90 Å². The molecule has 0 unspecified atom stereocenters. The van der Waals surface area contributed by atoms with Crippen molar-refractivity contribution in [1.82, 2.24) is 4.57 Å². The second-order valence-electron chi connectivity index (χ2n) is 7.96. The molecule has 8 heteroatoms. The monoisotopic (exact) mass is 570 g/mol. The predicted octanol–water partition coefficient (Wildman–Crippen LogP) is 8.31. The Morgan fingerprint density at radius 1 is 1.00 bits per heavy atom. The van der Waals surface area contributed by atoms with E-state index in [-0.39, 0.29) is 11.1 Å². The number of thioether (sulfide) groups is 1. The molecule has 1 fully saturated rings. The number of carbonyl (C=O) groups excluding carboxylic acids is 2. The average Bonchev–Trinajstić information content (AvgIpc) is 3.27. The van der Waals surface area contributed by atoms with E-state index < -0.39 is 0 Å². The third kappa shape index (κ3) is 4.43. The number of halogens is 3. The number of aryl methyl sites for hydroxylation is 1. The quantitative estimate of drug-likeness (QED) is 0.231. The van der Waals surface area contributed by atoms with Crippen molar-refractivity contribution >= 4 is 84.7 Å². The summed E-state index contributed by atoms with van der Waals surface area (Å²) in [6.45, 7) is 2.50. The summed E-state index contributed by atoms with van der Waals surface area (Å²) in [6, 6.07) is 18.8. The van der Waals surface area contributed by atoms with Crippen LogP contribution in [0.4, 0.5) is 10.5 Å². The summed E-state index contributed by atoms with van der Waals surface area (Å²) in [5.41, 5.74) is 4.38. The number of hydrogen-bond acceptors (Lipinski definition) is 3. The lowest BCUT2D eigenvalue weighted by atomic mass is 10.1. The van der Waals surface area contributed by atoms with Crippen molar-refractivity contribution < 1.29 is 9.59 Å². The summed E-state index contributed by atoms with van der Waals surface area (Å²) < 4.78 is 3.00. The standard InChI is InChI=1S/C26H17BrCl2N2O2S/c1-15-2-7-20(8-3-15)31-25(32)24(34-26(31)33)10-17-14-30(23-9-5-18(27)11-21(17)23)13-16-4-6-19(28)12-22(16)29/h2-12,14H,13H2,1H3/b24-10-. The maximum atomic E-state index is 13.2. The Kier molecular flexibility index (Phi) is 6.34. The van der Waals surface area contributed by atoms with Crippen LogP contribution in [0.2, 0.25) is 10.0 Å². The Balaban J connectivity index is 1.55. The fourth-order valence-electron chi connectivity index (χ4n) is 3.90. The van der Waals surface area contributed by atoms with Gasteiger partial charge in [0.15, 0.2) is 0 Å². The number of imide groups is 1. The first-order valence-corrected chi connectivity index (χ1v) is 12.7. The number of nitrogens with zero attached hydrogens (tertiary/aromatic N) is 2. The number of carbonyl (C=O) groups is 2. The highest BCUT2D eigenvalue weighted by molar-refractivity contribution is 9.10. The number of anilines is 1. The molecule has 0 radical (unpaired) electrons. The summed E-state index contributed by atoms with van der Waals surface area (Å²) in [5.74, 6) is -0.324. The average molecular weight is 572 g/mol. The van der Waals surface area contributed by atoms with E-state index in [0.717, 1.165) is 43.8 Å². The third-order valence-electron chi connectivity index (χ3n) is 5.60. The van der Waals surface area contributed by atoms with Crippen LogP contribution in [0.3, 0.4) is 0 Å². The minimum atomic E-state index is -0.324. The van der Waals surface area contributed by atoms with Crippen molar-refractivity contribution in [3.63, 3.8) is 0 Å². The Morgan fingerprint density at radius 3 is 2.50 bits per heavy atom. The van der Waals surface area contributed by atoms with Crippen LogP contribution in [0.25, 0.3) is 17.0 Å². The summed E-state index contributed by atoms with van der Waals surface area (Å²) in [6.07, 6.45) is 3.76. The zero-order chi connectivity index (χ0) is 24.0. The molecule has 0 aliphatic carbocycles. The van der Waals surface area contributed by atoms with Gasteiger partial charge in [0.1, 0.15) is 0 Å². The Labute approximate surface area is 219 Å². The van der Waals surface area contributed by atoms with Crippen LogP contribution in [0.5, 0.6) is 0 Å². The van der Waals surface area contributed by atoms with E-state index in [1.807, 2.05) is 55.6 Å². The highest BCUT2D eigenvalue weighted by Gasteiger charge is 2.36. The van der Waals surface area contributed by atoms with Gasteiger partial charge in [0.25, 0.3) is 11.1 Å². The summed E-state index contributed by atoms with van der Waals surface area (Å²) in [4.78, 5) is 27.4. The number of amides is 2. The predicted molar refractivity (Wildman–Crippen MR) is 145 cm³/mol. The van der Waals surface area contributed by atoms with Crippen molar-refractivity contribution in [3.8, 4) is 0 Å². The molecule has 34 heavy (non-hydrogen) atoms. The molecular formula is C26H17BrCl2N2O2S. The van der Waals surface area contributed by atoms with Gasteiger partial charge in [-0.15, -0.1) is 0 Å². The zero-order valence-corrected chi connectivity index (χ0v) is 21.8. The van der Waals surface area contributed by atoms with Gasteiger partial charge in [0.05, 0.1) is 10.6 Å².